The van der Waals surface area contributed by atoms with Crippen LogP contribution in [0.5, 0.6) is 0 Å². The van der Waals surface area contributed by atoms with E-state index in [0.717, 1.165) is 5.56 Å². The molecule has 5 N–H and O–H groups in total. The maximum atomic E-state index is 13.5. The molecule has 0 radical (unpaired) electrons. The fourth-order valence-electron chi connectivity index (χ4n) is 3.10. The van der Waals surface area contributed by atoms with Crippen molar-refractivity contribution in [3.63, 3.8) is 0 Å². The molecule has 1 heterocycles. The third kappa shape index (κ3) is 4.03. The topological polar surface area (TPSA) is 101 Å². The predicted molar refractivity (Wildman–Crippen MR) is 89.3 cm³/mol. The highest BCUT2D eigenvalue weighted by Crippen LogP contribution is 2.33. The van der Waals surface area contributed by atoms with E-state index < -0.39 is 6.03 Å². The van der Waals surface area contributed by atoms with Crippen molar-refractivity contribution in [3.05, 3.63) is 35.1 Å². The number of halogens is 1. The molecule has 24 heavy (non-hydrogen) atoms. The lowest BCUT2D eigenvalue weighted by Gasteiger charge is -2.40. The summed E-state index contributed by atoms with van der Waals surface area (Å²) in [6.45, 7) is 4.26. The number of rotatable bonds is 4. The maximum absolute atomic E-state index is 13.5. The Kier molecular flexibility index (Phi) is 5.77. The summed E-state index contributed by atoms with van der Waals surface area (Å²) in [5, 5.41) is 3.00. The van der Waals surface area contributed by atoms with E-state index in [2.05, 4.69) is 5.32 Å². The summed E-state index contributed by atoms with van der Waals surface area (Å²) >= 11 is 0. The number of likely N-dealkylation sites (tertiary alicyclic amines) is 1. The van der Waals surface area contributed by atoms with Crippen molar-refractivity contribution in [1.82, 2.24) is 10.2 Å². The number of urea groups is 1. The van der Waals surface area contributed by atoms with E-state index in [9.17, 15) is 14.0 Å². The second-order valence-corrected chi connectivity index (χ2v) is 6.48. The van der Waals surface area contributed by atoms with Gasteiger partial charge in [0.05, 0.1) is 6.04 Å². The Labute approximate surface area is 141 Å². The van der Waals surface area contributed by atoms with Crippen LogP contribution in [0, 0.1) is 11.7 Å². The summed E-state index contributed by atoms with van der Waals surface area (Å²) in [6.07, 6.45) is 1.16. The van der Waals surface area contributed by atoms with Gasteiger partial charge in [-0.2, -0.15) is 0 Å². The number of benzene rings is 1. The van der Waals surface area contributed by atoms with E-state index >= 15 is 0 Å². The molecule has 3 amide bonds. The minimum atomic E-state index is -0.527. The monoisotopic (exact) mass is 336 g/mol. The van der Waals surface area contributed by atoms with Gasteiger partial charge in [-0.05, 0) is 36.1 Å². The van der Waals surface area contributed by atoms with Crippen LogP contribution in [0.4, 0.5) is 9.18 Å². The summed E-state index contributed by atoms with van der Waals surface area (Å²) in [5.41, 5.74) is 12.7. The molecule has 1 aliphatic rings. The van der Waals surface area contributed by atoms with Crippen LogP contribution in [0.2, 0.25) is 0 Å². The van der Waals surface area contributed by atoms with E-state index in [0.29, 0.717) is 24.9 Å². The molecule has 0 aromatic heterocycles. The molecule has 6 nitrogen and oxygen atoms in total. The van der Waals surface area contributed by atoms with E-state index in [1.807, 2.05) is 13.8 Å². The zero-order chi connectivity index (χ0) is 17.9. The summed E-state index contributed by atoms with van der Waals surface area (Å²) in [4.78, 5) is 25.3. The zero-order valence-electron chi connectivity index (χ0n) is 14.1. The lowest BCUT2D eigenvalue weighted by Crippen LogP contribution is -2.50. The van der Waals surface area contributed by atoms with Crippen LogP contribution in [-0.4, -0.2) is 29.4 Å². The summed E-state index contributed by atoms with van der Waals surface area (Å²) in [5.74, 6) is -0.502. The maximum Gasteiger partial charge on any atom is 0.315 e. The first-order valence-electron chi connectivity index (χ1n) is 8.18. The zero-order valence-corrected chi connectivity index (χ0v) is 14.1. The van der Waals surface area contributed by atoms with Gasteiger partial charge in [0.2, 0.25) is 5.91 Å². The van der Waals surface area contributed by atoms with Crippen molar-refractivity contribution < 1.29 is 14.0 Å². The molecule has 1 aliphatic heterocycles. The van der Waals surface area contributed by atoms with Crippen molar-refractivity contribution >= 4 is 11.9 Å². The number of amides is 3. The van der Waals surface area contributed by atoms with Crippen LogP contribution in [0.3, 0.4) is 0 Å². The summed E-state index contributed by atoms with van der Waals surface area (Å²) in [7, 11) is 0. The molecule has 2 rings (SSSR count). The van der Waals surface area contributed by atoms with Crippen molar-refractivity contribution in [2.24, 2.45) is 17.4 Å². The molecule has 2 unspecified atom stereocenters. The highest BCUT2D eigenvalue weighted by Gasteiger charge is 2.33. The normalized spacial score (nSPS) is 21.0. The number of carbonyl (C=O) groups excluding carboxylic acids is 2. The number of hydrogen-bond acceptors (Lipinski definition) is 3. The first kappa shape index (κ1) is 18.2. The largest absolute Gasteiger partial charge is 0.353 e. The first-order chi connectivity index (χ1) is 11.3. The number of primary amides is 1. The van der Waals surface area contributed by atoms with Gasteiger partial charge in [0.25, 0.3) is 0 Å². The number of nitrogens with one attached hydrogen (secondary N) is 1. The number of nitrogens with zero attached hydrogens (tertiary/aromatic N) is 1. The van der Waals surface area contributed by atoms with Gasteiger partial charge in [-0.25, -0.2) is 9.18 Å². The third-order valence-electron chi connectivity index (χ3n) is 4.44. The highest BCUT2D eigenvalue weighted by molar-refractivity contribution is 5.78. The van der Waals surface area contributed by atoms with Crippen LogP contribution < -0.4 is 16.8 Å². The van der Waals surface area contributed by atoms with Gasteiger partial charge in [-0.3, -0.25) is 4.79 Å². The number of nitrogens with two attached hydrogens (primary N) is 2. The first-order valence-corrected chi connectivity index (χ1v) is 8.18. The van der Waals surface area contributed by atoms with Gasteiger partial charge in [0.1, 0.15) is 5.82 Å². The lowest BCUT2D eigenvalue weighted by molar-refractivity contribution is -0.125. The number of piperidine rings is 1. The molecule has 0 spiro atoms. The van der Waals surface area contributed by atoms with Crippen LogP contribution in [0.1, 0.15) is 43.9 Å². The van der Waals surface area contributed by atoms with Crippen LogP contribution in [0.15, 0.2) is 18.2 Å². The Morgan fingerprint density at radius 2 is 2.12 bits per heavy atom. The predicted octanol–water partition coefficient (Wildman–Crippen LogP) is 1.64. The minimum absolute atomic E-state index is 0.0237. The standard InChI is InChI=1S/C17H25FN4O2/c1-10(2)16(23)21-13-5-6-22(17(20)24)15(8-13)14-4-3-12(18)7-11(14)9-19/h3-4,7,10,13,15H,5-6,8-9,19H2,1-2H3,(H2,20,24)(H,21,23). The SMILES string of the molecule is CC(C)C(=O)NC1CCN(C(N)=O)C(c2ccc(F)cc2CN)C1. The molecule has 1 fully saturated rings. The second kappa shape index (κ2) is 7.61. The van der Waals surface area contributed by atoms with Crippen LogP contribution in [0.25, 0.3) is 0 Å². The Balaban J connectivity index is 2.28. The average molecular weight is 336 g/mol. The van der Waals surface area contributed by atoms with E-state index in [-0.39, 0.29) is 36.3 Å². The Hall–Kier alpha value is -2.15. The van der Waals surface area contributed by atoms with Gasteiger partial charge < -0.3 is 21.7 Å². The minimum Gasteiger partial charge on any atom is -0.353 e. The second-order valence-electron chi connectivity index (χ2n) is 6.48. The fraction of sp³-hybridized carbons (Fsp3) is 0.529. The molecule has 0 bridgehead atoms. The molecule has 132 valence electrons. The molecule has 0 saturated carbocycles. The highest BCUT2D eigenvalue weighted by atomic mass is 19.1. The lowest BCUT2D eigenvalue weighted by atomic mass is 9.89. The summed E-state index contributed by atoms with van der Waals surface area (Å²) in [6, 6.07) is 3.46. The molecule has 1 aromatic rings. The van der Waals surface area contributed by atoms with E-state index in [4.69, 9.17) is 11.5 Å². The molecule has 7 heteroatoms. The molecule has 1 aromatic carbocycles. The quantitative estimate of drug-likeness (QED) is 0.779. The van der Waals surface area contributed by atoms with Crippen LogP contribution >= 0.6 is 0 Å². The van der Waals surface area contributed by atoms with Gasteiger partial charge in [0.15, 0.2) is 0 Å². The van der Waals surface area contributed by atoms with Crippen molar-refractivity contribution in [2.75, 3.05) is 6.54 Å². The molecule has 1 saturated heterocycles. The molecule has 0 aliphatic carbocycles. The number of hydrogen-bond donors (Lipinski definition) is 3. The van der Waals surface area contributed by atoms with Gasteiger partial charge in [0, 0.05) is 25.0 Å². The fourth-order valence-corrected chi connectivity index (χ4v) is 3.10. The molecular weight excluding hydrogens is 311 g/mol. The summed E-state index contributed by atoms with van der Waals surface area (Å²) < 4.78 is 13.5. The Morgan fingerprint density at radius 1 is 1.42 bits per heavy atom. The van der Waals surface area contributed by atoms with Crippen molar-refractivity contribution in [1.29, 1.82) is 0 Å². The smallest absolute Gasteiger partial charge is 0.315 e. The third-order valence-corrected chi connectivity index (χ3v) is 4.44. The molecular formula is C17H25FN4O2. The van der Waals surface area contributed by atoms with Gasteiger partial charge >= 0.3 is 6.03 Å². The number of carbonyl (C=O) groups is 2. The molecule has 2 atom stereocenters. The Bertz CT molecular complexity index is 621. The van der Waals surface area contributed by atoms with Crippen molar-refractivity contribution in [3.8, 4) is 0 Å². The van der Waals surface area contributed by atoms with E-state index in [1.165, 1.54) is 12.1 Å². The van der Waals surface area contributed by atoms with E-state index in [1.54, 1.807) is 11.0 Å². The van der Waals surface area contributed by atoms with Gasteiger partial charge in [-0.1, -0.05) is 19.9 Å². The Morgan fingerprint density at radius 3 is 2.71 bits per heavy atom. The average Bonchev–Trinajstić information content (AvgIpc) is 2.54. The van der Waals surface area contributed by atoms with Gasteiger partial charge in [-0.15, -0.1) is 0 Å². The van der Waals surface area contributed by atoms with Crippen molar-refractivity contribution in [2.45, 2.75) is 45.3 Å². The van der Waals surface area contributed by atoms with Crippen LogP contribution in [-0.2, 0) is 11.3 Å².